The molecule has 5 heteroatoms. The second-order valence-corrected chi connectivity index (χ2v) is 5.84. The Morgan fingerprint density at radius 1 is 1.22 bits per heavy atom. The molecule has 4 nitrogen and oxygen atoms in total. The van der Waals surface area contributed by atoms with Gasteiger partial charge in [0, 0.05) is 16.7 Å². The topological polar surface area (TPSA) is 55.8 Å². The third-order valence-electron chi connectivity index (χ3n) is 2.29. The quantitative estimate of drug-likeness (QED) is 0.395. The van der Waals surface area contributed by atoms with Crippen LogP contribution in [0.3, 0.4) is 0 Å². The summed E-state index contributed by atoms with van der Waals surface area (Å²) in [5, 5.41) is 9.26. The van der Waals surface area contributed by atoms with Crippen LogP contribution in [0.4, 0.5) is 0 Å². The smallest absolute Gasteiger partial charge is 0.337 e. The predicted molar refractivity (Wildman–Crippen MR) is 76.0 cm³/mol. The first-order chi connectivity index (χ1) is 8.38. The monoisotopic (exact) mass is 274 g/mol. The highest BCUT2D eigenvalue weighted by molar-refractivity contribution is 6.08. The lowest BCUT2D eigenvalue weighted by molar-refractivity contribution is -0.133. The zero-order chi connectivity index (χ0) is 14.1. The van der Waals surface area contributed by atoms with E-state index >= 15 is 0 Å². The SMILES string of the molecule is CC(C)OCC(C(=O)O)=C(CCC[SiH3])OC(C)C. The van der Waals surface area contributed by atoms with Crippen molar-refractivity contribution in [1.82, 2.24) is 0 Å². The van der Waals surface area contributed by atoms with Gasteiger partial charge in [-0.3, -0.25) is 0 Å². The van der Waals surface area contributed by atoms with Crippen LogP contribution < -0.4 is 0 Å². The number of carbonyl (C=O) groups is 1. The van der Waals surface area contributed by atoms with Gasteiger partial charge in [-0.25, -0.2) is 4.79 Å². The van der Waals surface area contributed by atoms with Gasteiger partial charge in [0.15, 0.2) is 0 Å². The fourth-order valence-electron chi connectivity index (χ4n) is 1.41. The molecule has 0 rings (SSSR count). The summed E-state index contributed by atoms with van der Waals surface area (Å²) in [4.78, 5) is 11.3. The zero-order valence-electron chi connectivity index (χ0n) is 12.2. The van der Waals surface area contributed by atoms with Crippen molar-refractivity contribution >= 4 is 16.2 Å². The molecule has 0 saturated heterocycles. The van der Waals surface area contributed by atoms with Gasteiger partial charge in [-0.05, 0) is 34.1 Å². The summed E-state index contributed by atoms with van der Waals surface area (Å²) in [5.41, 5.74) is 0.257. The van der Waals surface area contributed by atoms with E-state index in [0.29, 0.717) is 12.2 Å². The average Bonchev–Trinajstić information content (AvgIpc) is 2.24. The maximum absolute atomic E-state index is 11.3. The summed E-state index contributed by atoms with van der Waals surface area (Å²) in [7, 11) is 1.13. The average molecular weight is 274 g/mol. The van der Waals surface area contributed by atoms with Crippen molar-refractivity contribution in [1.29, 1.82) is 0 Å². The Morgan fingerprint density at radius 2 is 1.83 bits per heavy atom. The molecule has 0 aromatic rings. The molecule has 1 N–H and O–H groups in total. The Labute approximate surface area is 113 Å². The molecule has 0 atom stereocenters. The van der Waals surface area contributed by atoms with Crippen LogP contribution in [-0.2, 0) is 14.3 Å². The fraction of sp³-hybridized carbons (Fsp3) is 0.769. The molecule has 0 spiro atoms. The van der Waals surface area contributed by atoms with Gasteiger partial charge in [0.05, 0.1) is 18.8 Å². The minimum atomic E-state index is -0.945. The van der Waals surface area contributed by atoms with E-state index < -0.39 is 5.97 Å². The number of allylic oxidation sites excluding steroid dienone is 1. The molecule has 0 saturated carbocycles. The minimum absolute atomic E-state index is 0.0116. The lowest BCUT2D eigenvalue weighted by Gasteiger charge is -2.17. The Bertz CT molecular complexity index is 285. The van der Waals surface area contributed by atoms with Gasteiger partial charge in [0.2, 0.25) is 0 Å². The molecule has 106 valence electrons. The molecule has 0 aromatic heterocycles. The first-order valence-electron chi connectivity index (χ1n) is 6.62. The van der Waals surface area contributed by atoms with Crippen molar-refractivity contribution in [2.24, 2.45) is 0 Å². The van der Waals surface area contributed by atoms with Crippen LogP contribution in [0.1, 0.15) is 40.5 Å². The van der Waals surface area contributed by atoms with Crippen LogP contribution in [0, 0.1) is 0 Å². The molecule has 0 aliphatic carbocycles. The molecule has 0 amide bonds. The van der Waals surface area contributed by atoms with Crippen LogP contribution in [0.5, 0.6) is 0 Å². The summed E-state index contributed by atoms with van der Waals surface area (Å²) >= 11 is 0. The number of hydrogen-bond donors (Lipinski definition) is 1. The lowest BCUT2D eigenvalue weighted by atomic mass is 10.1. The molecular formula is C13H26O4Si. The van der Waals surface area contributed by atoms with Crippen LogP contribution >= 0.6 is 0 Å². The lowest BCUT2D eigenvalue weighted by Crippen LogP contribution is -2.17. The van der Waals surface area contributed by atoms with Gasteiger partial charge in [0.1, 0.15) is 11.3 Å². The Balaban J connectivity index is 4.93. The first kappa shape index (κ1) is 17.2. The van der Waals surface area contributed by atoms with E-state index in [1.165, 1.54) is 0 Å². The summed E-state index contributed by atoms with van der Waals surface area (Å²) in [6, 6.07) is 1.14. The highest BCUT2D eigenvalue weighted by Gasteiger charge is 2.17. The van der Waals surface area contributed by atoms with Crippen molar-refractivity contribution in [2.45, 2.75) is 58.8 Å². The predicted octanol–water partition coefficient (Wildman–Crippen LogP) is 1.74. The molecule has 0 aliphatic heterocycles. The highest BCUT2D eigenvalue weighted by atomic mass is 28.1. The maximum atomic E-state index is 11.3. The van der Waals surface area contributed by atoms with Gasteiger partial charge < -0.3 is 14.6 Å². The Hall–Kier alpha value is -0.813. The molecular weight excluding hydrogens is 248 g/mol. The Morgan fingerprint density at radius 3 is 2.22 bits per heavy atom. The molecule has 0 radical (unpaired) electrons. The summed E-state index contributed by atoms with van der Waals surface area (Å²) < 4.78 is 11.0. The molecule has 0 unspecified atom stereocenters. The third-order valence-corrected chi connectivity index (χ3v) is 3.00. The normalized spacial score (nSPS) is 13.0. The Kier molecular flexibility index (Phi) is 8.75. The standard InChI is InChI=1S/C13H26O4Si/c1-9(2)16-8-11(13(14)15)12(6-5-7-18)17-10(3)4/h9-10H,5-8H2,1-4,18H3,(H,14,15). The fourth-order valence-corrected chi connectivity index (χ4v) is 1.77. The summed E-state index contributed by atoms with van der Waals surface area (Å²) in [6.45, 7) is 7.70. The van der Waals surface area contributed by atoms with E-state index in [1.54, 1.807) is 0 Å². The number of hydrogen-bond acceptors (Lipinski definition) is 3. The van der Waals surface area contributed by atoms with Crippen molar-refractivity contribution in [2.75, 3.05) is 6.61 Å². The largest absolute Gasteiger partial charge is 0.495 e. The number of carboxylic acid groups (broad SMARTS) is 1. The zero-order valence-corrected chi connectivity index (χ0v) is 14.2. The highest BCUT2D eigenvalue weighted by Crippen LogP contribution is 2.17. The van der Waals surface area contributed by atoms with E-state index in [2.05, 4.69) is 0 Å². The van der Waals surface area contributed by atoms with Crippen molar-refractivity contribution in [3.05, 3.63) is 11.3 Å². The van der Waals surface area contributed by atoms with Crippen LogP contribution in [0.15, 0.2) is 11.3 Å². The van der Waals surface area contributed by atoms with E-state index in [-0.39, 0.29) is 24.4 Å². The van der Waals surface area contributed by atoms with Gasteiger partial charge >= 0.3 is 5.97 Å². The van der Waals surface area contributed by atoms with E-state index in [4.69, 9.17) is 9.47 Å². The van der Waals surface area contributed by atoms with Crippen molar-refractivity contribution in [3.8, 4) is 0 Å². The van der Waals surface area contributed by atoms with Gasteiger partial charge in [0.25, 0.3) is 0 Å². The number of ether oxygens (including phenoxy) is 2. The van der Waals surface area contributed by atoms with Crippen LogP contribution in [-0.4, -0.2) is 40.1 Å². The molecule has 0 aromatic carbocycles. The van der Waals surface area contributed by atoms with Crippen LogP contribution in [0.2, 0.25) is 6.04 Å². The molecule has 0 bridgehead atoms. The van der Waals surface area contributed by atoms with Crippen molar-refractivity contribution < 1.29 is 19.4 Å². The number of aliphatic carboxylic acids is 1. The minimum Gasteiger partial charge on any atom is -0.495 e. The molecule has 0 fully saturated rings. The van der Waals surface area contributed by atoms with Gasteiger partial charge in [-0.15, -0.1) is 0 Å². The number of rotatable bonds is 9. The number of carboxylic acids is 1. The second-order valence-electron chi connectivity index (χ2n) is 4.84. The summed E-state index contributed by atoms with van der Waals surface area (Å²) in [5.74, 6) is -0.367. The van der Waals surface area contributed by atoms with E-state index in [0.717, 1.165) is 22.7 Å². The first-order valence-corrected chi connectivity index (χ1v) is 8.03. The van der Waals surface area contributed by atoms with Crippen LogP contribution in [0.25, 0.3) is 0 Å². The van der Waals surface area contributed by atoms with Gasteiger partial charge in [-0.1, -0.05) is 6.04 Å². The van der Waals surface area contributed by atoms with E-state index in [9.17, 15) is 9.90 Å². The third kappa shape index (κ3) is 7.50. The maximum Gasteiger partial charge on any atom is 0.337 e. The molecule has 0 heterocycles. The van der Waals surface area contributed by atoms with E-state index in [1.807, 2.05) is 27.7 Å². The molecule has 18 heavy (non-hydrogen) atoms. The van der Waals surface area contributed by atoms with Crippen molar-refractivity contribution in [3.63, 3.8) is 0 Å². The molecule has 0 aliphatic rings. The second kappa shape index (κ2) is 9.16. The summed E-state index contributed by atoms with van der Waals surface area (Å²) in [6.07, 6.45) is 1.66. The van der Waals surface area contributed by atoms with Gasteiger partial charge in [-0.2, -0.15) is 0 Å².